The average molecular weight is 301 g/mol. The Morgan fingerprint density at radius 1 is 1.37 bits per heavy atom. The van der Waals surface area contributed by atoms with Gasteiger partial charge in [-0.05, 0) is 43.7 Å². The molecule has 1 atom stereocenters. The number of carbonyl (C=O) groups is 1. The van der Waals surface area contributed by atoms with Crippen LogP contribution < -0.4 is 5.32 Å². The van der Waals surface area contributed by atoms with Crippen molar-refractivity contribution in [2.75, 3.05) is 20.1 Å². The van der Waals surface area contributed by atoms with E-state index in [2.05, 4.69) is 5.32 Å². The molecule has 3 nitrogen and oxygen atoms in total. The van der Waals surface area contributed by atoms with Crippen molar-refractivity contribution in [3.8, 4) is 0 Å². The molecule has 1 heterocycles. The van der Waals surface area contributed by atoms with Crippen molar-refractivity contribution < 1.29 is 4.79 Å². The van der Waals surface area contributed by atoms with Crippen molar-refractivity contribution in [1.29, 1.82) is 0 Å². The Hall–Kier alpha value is -0.770. The van der Waals surface area contributed by atoms with Crippen molar-refractivity contribution in [2.45, 2.75) is 19.9 Å². The molecule has 0 spiro atoms. The second-order valence-electron chi connectivity index (χ2n) is 5.43. The van der Waals surface area contributed by atoms with Gasteiger partial charge in [-0.15, -0.1) is 0 Å². The van der Waals surface area contributed by atoms with Gasteiger partial charge in [0.25, 0.3) is 0 Å². The van der Waals surface area contributed by atoms with E-state index >= 15 is 0 Å². The van der Waals surface area contributed by atoms with Gasteiger partial charge >= 0.3 is 0 Å². The summed E-state index contributed by atoms with van der Waals surface area (Å²) >= 11 is 11.9. The maximum atomic E-state index is 12.5. The quantitative estimate of drug-likeness (QED) is 0.931. The lowest BCUT2D eigenvalue weighted by atomic mass is 9.88. The third kappa shape index (κ3) is 3.41. The Balaban J connectivity index is 2.08. The van der Waals surface area contributed by atoms with E-state index in [0.29, 0.717) is 16.6 Å². The Bertz CT molecular complexity index is 464. The zero-order valence-corrected chi connectivity index (χ0v) is 12.7. The van der Waals surface area contributed by atoms with Crippen molar-refractivity contribution in [3.63, 3.8) is 0 Å². The summed E-state index contributed by atoms with van der Waals surface area (Å²) in [4.78, 5) is 14.2. The van der Waals surface area contributed by atoms with E-state index in [0.717, 1.165) is 25.1 Å². The first-order valence-electron chi connectivity index (χ1n) is 6.32. The summed E-state index contributed by atoms with van der Waals surface area (Å²) in [5.74, 6) is 0.161. The summed E-state index contributed by atoms with van der Waals surface area (Å²) in [5, 5.41) is 4.43. The molecule has 1 unspecified atom stereocenters. The lowest BCUT2D eigenvalue weighted by Gasteiger charge is -2.28. The van der Waals surface area contributed by atoms with E-state index in [1.807, 2.05) is 26.1 Å². The highest BCUT2D eigenvalue weighted by Gasteiger charge is 2.38. The molecule has 1 aliphatic rings. The van der Waals surface area contributed by atoms with Gasteiger partial charge < -0.3 is 10.2 Å². The summed E-state index contributed by atoms with van der Waals surface area (Å²) in [6.07, 6.45) is 0.881. The molecule has 5 heteroatoms. The minimum Gasteiger partial charge on any atom is -0.341 e. The van der Waals surface area contributed by atoms with Gasteiger partial charge in [-0.2, -0.15) is 0 Å². The zero-order chi connectivity index (χ0) is 14.0. The van der Waals surface area contributed by atoms with Gasteiger partial charge in [-0.3, -0.25) is 4.79 Å². The summed E-state index contributed by atoms with van der Waals surface area (Å²) in [6, 6.07) is 5.37. The highest BCUT2D eigenvalue weighted by molar-refractivity contribution is 6.34. The number of nitrogens with one attached hydrogen (secondary N) is 1. The van der Waals surface area contributed by atoms with Crippen LogP contribution in [0.5, 0.6) is 0 Å². The average Bonchev–Trinajstić information content (AvgIpc) is 2.75. The van der Waals surface area contributed by atoms with Crippen molar-refractivity contribution >= 4 is 29.1 Å². The van der Waals surface area contributed by atoms with Crippen LogP contribution in [-0.2, 0) is 11.3 Å². The topological polar surface area (TPSA) is 32.3 Å². The van der Waals surface area contributed by atoms with Gasteiger partial charge in [-0.25, -0.2) is 0 Å². The molecule has 1 aromatic carbocycles. The fourth-order valence-electron chi connectivity index (χ4n) is 2.51. The molecular formula is C14H18Cl2N2O. The van der Waals surface area contributed by atoms with E-state index < -0.39 is 0 Å². The first kappa shape index (κ1) is 14.6. The maximum absolute atomic E-state index is 12.5. The first-order valence-corrected chi connectivity index (χ1v) is 7.07. The molecule has 0 bridgehead atoms. The molecule has 104 valence electrons. The van der Waals surface area contributed by atoms with Crippen LogP contribution >= 0.6 is 23.2 Å². The first-order chi connectivity index (χ1) is 8.90. The SMILES string of the molecule is CN(Cc1cc(Cl)cc(Cl)c1)C(=O)C1(C)CCNC1. The van der Waals surface area contributed by atoms with Gasteiger partial charge in [0.1, 0.15) is 0 Å². The number of carbonyl (C=O) groups excluding carboxylic acids is 1. The molecule has 1 fully saturated rings. The molecular weight excluding hydrogens is 283 g/mol. The lowest BCUT2D eigenvalue weighted by Crippen LogP contribution is -2.41. The van der Waals surface area contributed by atoms with Crippen LogP contribution in [0.4, 0.5) is 0 Å². The van der Waals surface area contributed by atoms with Crippen LogP contribution in [0.15, 0.2) is 18.2 Å². The molecule has 0 aromatic heterocycles. The van der Waals surface area contributed by atoms with Crippen LogP contribution in [0, 0.1) is 5.41 Å². The lowest BCUT2D eigenvalue weighted by molar-refractivity contribution is -0.139. The van der Waals surface area contributed by atoms with E-state index in [4.69, 9.17) is 23.2 Å². The second kappa shape index (κ2) is 5.70. The van der Waals surface area contributed by atoms with Gasteiger partial charge in [-0.1, -0.05) is 23.2 Å². The Kier molecular flexibility index (Phi) is 4.39. The largest absolute Gasteiger partial charge is 0.341 e. The predicted octanol–water partition coefficient (Wildman–Crippen LogP) is 2.95. The molecule has 0 saturated carbocycles. The fraction of sp³-hybridized carbons (Fsp3) is 0.500. The van der Waals surface area contributed by atoms with Crippen molar-refractivity contribution in [3.05, 3.63) is 33.8 Å². The van der Waals surface area contributed by atoms with E-state index in [-0.39, 0.29) is 11.3 Å². The van der Waals surface area contributed by atoms with Crippen LogP contribution in [0.1, 0.15) is 18.9 Å². The van der Waals surface area contributed by atoms with Crippen molar-refractivity contribution in [2.24, 2.45) is 5.41 Å². The van der Waals surface area contributed by atoms with Gasteiger partial charge in [0.05, 0.1) is 5.41 Å². The van der Waals surface area contributed by atoms with Gasteiger partial charge in [0.2, 0.25) is 5.91 Å². The molecule has 1 saturated heterocycles. The smallest absolute Gasteiger partial charge is 0.229 e. The molecule has 19 heavy (non-hydrogen) atoms. The second-order valence-corrected chi connectivity index (χ2v) is 6.30. The Morgan fingerprint density at radius 2 is 2.00 bits per heavy atom. The number of rotatable bonds is 3. The molecule has 1 amide bonds. The molecule has 1 N–H and O–H groups in total. The normalized spacial score (nSPS) is 22.5. The van der Waals surface area contributed by atoms with E-state index in [1.54, 1.807) is 11.0 Å². The van der Waals surface area contributed by atoms with Crippen LogP contribution in [0.2, 0.25) is 10.0 Å². The fourth-order valence-corrected chi connectivity index (χ4v) is 3.08. The highest BCUT2D eigenvalue weighted by Crippen LogP contribution is 2.28. The van der Waals surface area contributed by atoms with Gasteiger partial charge in [0.15, 0.2) is 0 Å². The zero-order valence-electron chi connectivity index (χ0n) is 11.2. The van der Waals surface area contributed by atoms with Crippen LogP contribution in [0.25, 0.3) is 0 Å². The standard InChI is InChI=1S/C14H18Cl2N2O/c1-14(3-4-17-9-14)13(19)18(2)8-10-5-11(15)7-12(16)6-10/h5-7,17H,3-4,8-9H2,1-2H3. The summed E-state index contributed by atoms with van der Waals surface area (Å²) in [6.45, 7) is 4.18. The van der Waals surface area contributed by atoms with Gasteiger partial charge in [0, 0.05) is 30.2 Å². The van der Waals surface area contributed by atoms with Crippen LogP contribution in [0.3, 0.4) is 0 Å². The third-order valence-corrected chi connectivity index (χ3v) is 4.01. The molecule has 0 radical (unpaired) electrons. The number of hydrogen-bond donors (Lipinski definition) is 1. The van der Waals surface area contributed by atoms with E-state index in [9.17, 15) is 4.79 Å². The molecule has 1 aliphatic heterocycles. The van der Waals surface area contributed by atoms with Crippen molar-refractivity contribution in [1.82, 2.24) is 10.2 Å². The number of hydrogen-bond acceptors (Lipinski definition) is 2. The Labute approximate surface area is 123 Å². The summed E-state index contributed by atoms with van der Waals surface area (Å²) < 4.78 is 0. The summed E-state index contributed by atoms with van der Waals surface area (Å²) in [7, 11) is 1.82. The van der Waals surface area contributed by atoms with Crippen LogP contribution in [-0.4, -0.2) is 30.9 Å². The molecule has 1 aromatic rings. The monoisotopic (exact) mass is 300 g/mol. The van der Waals surface area contributed by atoms with E-state index in [1.165, 1.54) is 0 Å². The maximum Gasteiger partial charge on any atom is 0.229 e. The Morgan fingerprint density at radius 3 is 2.53 bits per heavy atom. The number of benzene rings is 1. The molecule has 0 aliphatic carbocycles. The highest BCUT2D eigenvalue weighted by atomic mass is 35.5. The number of nitrogens with zero attached hydrogens (tertiary/aromatic N) is 1. The number of amides is 1. The minimum atomic E-state index is -0.295. The summed E-state index contributed by atoms with van der Waals surface area (Å²) in [5.41, 5.74) is 0.653. The number of halogens is 2. The minimum absolute atomic E-state index is 0.161. The third-order valence-electron chi connectivity index (χ3n) is 3.57. The molecule has 2 rings (SSSR count). The predicted molar refractivity (Wildman–Crippen MR) is 78.5 cm³/mol.